The third-order valence-electron chi connectivity index (χ3n) is 5.68. The number of halogens is 3. The lowest BCUT2D eigenvalue weighted by Gasteiger charge is -2.26. The number of alkyl halides is 3. The molecular formula is C25H17F3N2O6. The number of anilines is 1. The number of aliphatic hydroxyl groups is 1. The molecule has 1 heterocycles. The summed E-state index contributed by atoms with van der Waals surface area (Å²) < 4.78 is 44.4. The van der Waals surface area contributed by atoms with Crippen molar-refractivity contribution in [2.45, 2.75) is 12.2 Å². The molecule has 1 atom stereocenters. The fraction of sp³-hybridized carbons (Fsp3) is 0.120. The van der Waals surface area contributed by atoms with Gasteiger partial charge < -0.3 is 9.84 Å². The van der Waals surface area contributed by atoms with Gasteiger partial charge in [0.15, 0.2) is 0 Å². The quantitative estimate of drug-likeness (QED) is 0.169. The SMILES string of the molecule is COc1cccc(C2/C(=C(/O)c3ccc([N+](=O)[O-])cc3)C(=O)C(=O)N2c2ccc(C(F)(F)F)cc2)c1. The highest BCUT2D eigenvalue weighted by atomic mass is 19.4. The second kappa shape index (κ2) is 9.17. The number of ether oxygens (including phenoxy) is 1. The molecule has 1 aliphatic heterocycles. The summed E-state index contributed by atoms with van der Waals surface area (Å²) in [4.78, 5) is 37.5. The van der Waals surface area contributed by atoms with Crippen molar-refractivity contribution in [3.05, 3.63) is 105 Å². The van der Waals surface area contributed by atoms with Crippen LogP contribution in [0.4, 0.5) is 24.5 Å². The van der Waals surface area contributed by atoms with Gasteiger partial charge in [-0.25, -0.2) is 0 Å². The zero-order valence-corrected chi connectivity index (χ0v) is 18.5. The number of carbonyl (C=O) groups excluding carboxylic acids is 2. The molecule has 11 heteroatoms. The predicted molar refractivity (Wildman–Crippen MR) is 122 cm³/mol. The van der Waals surface area contributed by atoms with E-state index in [-0.39, 0.29) is 22.5 Å². The van der Waals surface area contributed by atoms with Crippen LogP contribution in [0.15, 0.2) is 78.4 Å². The van der Waals surface area contributed by atoms with E-state index < -0.39 is 40.2 Å². The van der Waals surface area contributed by atoms with Crippen molar-refractivity contribution >= 4 is 28.8 Å². The Hall–Kier alpha value is -4.67. The largest absolute Gasteiger partial charge is 0.507 e. The second-order valence-electron chi connectivity index (χ2n) is 7.79. The van der Waals surface area contributed by atoms with Crippen LogP contribution in [0.25, 0.3) is 5.76 Å². The third kappa shape index (κ3) is 4.38. The van der Waals surface area contributed by atoms with E-state index in [9.17, 15) is 38.0 Å². The maximum Gasteiger partial charge on any atom is 0.416 e. The van der Waals surface area contributed by atoms with Gasteiger partial charge >= 0.3 is 6.18 Å². The zero-order valence-electron chi connectivity index (χ0n) is 18.5. The molecule has 8 nitrogen and oxygen atoms in total. The molecule has 184 valence electrons. The summed E-state index contributed by atoms with van der Waals surface area (Å²) in [5, 5.41) is 22.0. The first-order valence-corrected chi connectivity index (χ1v) is 10.4. The summed E-state index contributed by atoms with van der Waals surface area (Å²) in [6.45, 7) is 0. The molecule has 0 radical (unpaired) electrons. The molecule has 0 saturated carbocycles. The average molecular weight is 498 g/mol. The molecular weight excluding hydrogens is 481 g/mol. The molecule has 1 fully saturated rings. The third-order valence-corrected chi connectivity index (χ3v) is 5.68. The lowest BCUT2D eigenvalue weighted by Crippen LogP contribution is -2.29. The summed E-state index contributed by atoms with van der Waals surface area (Å²) in [6, 6.07) is 13.5. The minimum Gasteiger partial charge on any atom is -0.507 e. The van der Waals surface area contributed by atoms with Gasteiger partial charge in [-0.3, -0.25) is 24.6 Å². The molecule has 0 aromatic heterocycles. The van der Waals surface area contributed by atoms with E-state index >= 15 is 0 Å². The maximum absolute atomic E-state index is 13.1. The minimum absolute atomic E-state index is 0.000620. The van der Waals surface area contributed by atoms with Crippen LogP contribution in [0.2, 0.25) is 0 Å². The highest BCUT2D eigenvalue weighted by Crippen LogP contribution is 2.43. The molecule has 1 N–H and O–H groups in total. The fourth-order valence-corrected chi connectivity index (χ4v) is 3.93. The van der Waals surface area contributed by atoms with Crippen LogP contribution in [-0.4, -0.2) is 28.8 Å². The molecule has 3 aromatic rings. The van der Waals surface area contributed by atoms with E-state index in [2.05, 4.69) is 0 Å². The van der Waals surface area contributed by atoms with Crippen LogP contribution in [-0.2, 0) is 15.8 Å². The Bertz CT molecular complexity index is 1380. The first-order valence-electron chi connectivity index (χ1n) is 10.4. The van der Waals surface area contributed by atoms with Crippen LogP contribution in [0, 0.1) is 10.1 Å². The van der Waals surface area contributed by atoms with Gasteiger partial charge in [0.2, 0.25) is 0 Å². The van der Waals surface area contributed by atoms with E-state index in [1.807, 2.05) is 0 Å². The number of ketones is 1. The molecule has 3 aromatic carbocycles. The van der Waals surface area contributed by atoms with Crippen molar-refractivity contribution in [1.82, 2.24) is 0 Å². The smallest absolute Gasteiger partial charge is 0.416 e. The minimum atomic E-state index is -4.60. The Labute approximate surface area is 202 Å². The Balaban J connectivity index is 1.90. The number of hydrogen-bond acceptors (Lipinski definition) is 6. The zero-order chi connectivity index (χ0) is 26.2. The Morgan fingerprint density at radius 3 is 2.22 bits per heavy atom. The van der Waals surface area contributed by atoms with Gasteiger partial charge in [0.05, 0.1) is 29.2 Å². The lowest BCUT2D eigenvalue weighted by atomic mass is 9.95. The van der Waals surface area contributed by atoms with Crippen LogP contribution in [0.5, 0.6) is 5.75 Å². The number of benzene rings is 3. The molecule has 0 spiro atoms. The predicted octanol–water partition coefficient (Wildman–Crippen LogP) is 5.25. The fourth-order valence-electron chi connectivity index (χ4n) is 3.93. The molecule has 1 aliphatic rings. The van der Waals surface area contributed by atoms with E-state index in [0.717, 1.165) is 41.3 Å². The highest BCUT2D eigenvalue weighted by Gasteiger charge is 2.47. The summed E-state index contributed by atoms with van der Waals surface area (Å²) in [7, 11) is 1.41. The standard InChI is InChI=1S/C25H17F3N2O6/c1-36-19-4-2-3-15(13-19)21-20(22(31)14-5-9-18(10-6-14)30(34)35)23(32)24(33)29(21)17-11-7-16(8-12-17)25(26,27)28/h2-13,21,31H,1H3/b22-20-. The molecule has 0 bridgehead atoms. The van der Waals surface area contributed by atoms with Crippen molar-refractivity contribution in [1.29, 1.82) is 0 Å². The van der Waals surface area contributed by atoms with Crippen molar-refractivity contribution in [2.24, 2.45) is 0 Å². The van der Waals surface area contributed by atoms with Crippen LogP contribution >= 0.6 is 0 Å². The molecule has 1 unspecified atom stereocenters. The number of aliphatic hydroxyl groups excluding tert-OH is 1. The number of carbonyl (C=O) groups is 2. The van der Waals surface area contributed by atoms with Crippen molar-refractivity contribution in [3.63, 3.8) is 0 Å². The van der Waals surface area contributed by atoms with Gasteiger partial charge in [-0.15, -0.1) is 0 Å². The van der Waals surface area contributed by atoms with Gasteiger partial charge in [0.25, 0.3) is 17.4 Å². The topological polar surface area (TPSA) is 110 Å². The lowest BCUT2D eigenvalue weighted by molar-refractivity contribution is -0.384. The molecule has 1 amide bonds. The van der Waals surface area contributed by atoms with E-state index in [1.54, 1.807) is 18.2 Å². The number of non-ortho nitro benzene ring substituents is 1. The van der Waals surface area contributed by atoms with Crippen molar-refractivity contribution in [2.75, 3.05) is 12.0 Å². The number of nitro benzene ring substituents is 1. The number of rotatable bonds is 5. The van der Waals surface area contributed by atoms with E-state index in [1.165, 1.54) is 25.3 Å². The Morgan fingerprint density at radius 1 is 1.03 bits per heavy atom. The van der Waals surface area contributed by atoms with E-state index in [4.69, 9.17) is 4.74 Å². The first kappa shape index (κ1) is 24.5. The molecule has 1 saturated heterocycles. The van der Waals surface area contributed by atoms with Gasteiger partial charge in [-0.2, -0.15) is 13.2 Å². The monoisotopic (exact) mass is 498 g/mol. The maximum atomic E-state index is 13.1. The summed E-state index contributed by atoms with van der Waals surface area (Å²) in [6.07, 6.45) is -4.60. The highest BCUT2D eigenvalue weighted by molar-refractivity contribution is 6.51. The summed E-state index contributed by atoms with van der Waals surface area (Å²) in [5.41, 5.74) is -1.13. The molecule has 36 heavy (non-hydrogen) atoms. The van der Waals surface area contributed by atoms with Crippen molar-refractivity contribution in [3.8, 4) is 5.75 Å². The van der Waals surface area contributed by atoms with Gasteiger partial charge in [0, 0.05) is 23.4 Å². The normalized spacial score (nSPS) is 17.3. The van der Waals surface area contributed by atoms with Crippen LogP contribution in [0.1, 0.15) is 22.7 Å². The average Bonchev–Trinajstić information content (AvgIpc) is 3.13. The van der Waals surface area contributed by atoms with Crippen LogP contribution < -0.4 is 9.64 Å². The number of Topliss-reactive ketones (excluding diaryl/α,β-unsaturated/α-hetero) is 1. The van der Waals surface area contributed by atoms with Gasteiger partial charge in [0.1, 0.15) is 11.5 Å². The first-order chi connectivity index (χ1) is 17.0. The Morgan fingerprint density at radius 2 is 1.67 bits per heavy atom. The second-order valence-corrected chi connectivity index (χ2v) is 7.79. The summed E-state index contributed by atoms with van der Waals surface area (Å²) in [5.74, 6) is -2.35. The number of nitrogens with zero attached hydrogens (tertiary/aromatic N) is 2. The van der Waals surface area contributed by atoms with Crippen LogP contribution in [0.3, 0.4) is 0 Å². The van der Waals surface area contributed by atoms with Gasteiger partial charge in [-0.05, 0) is 54.1 Å². The van der Waals surface area contributed by atoms with Gasteiger partial charge in [-0.1, -0.05) is 12.1 Å². The summed E-state index contributed by atoms with van der Waals surface area (Å²) >= 11 is 0. The van der Waals surface area contributed by atoms with Crippen molar-refractivity contribution < 1.29 is 37.5 Å². The number of hydrogen-bond donors (Lipinski definition) is 1. The number of methoxy groups -OCH3 is 1. The van der Waals surface area contributed by atoms with E-state index in [0.29, 0.717) is 11.3 Å². The number of amides is 1. The Kier molecular flexibility index (Phi) is 6.23. The molecule has 0 aliphatic carbocycles. The molecule has 4 rings (SSSR count). The number of nitro groups is 1.